The van der Waals surface area contributed by atoms with Crippen LogP contribution in [0.4, 0.5) is 17.2 Å². The van der Waals surface area contributed by atoms with Gasteiger partial charge in [-0.15, -0.1) is 10.2 Å². The minimum atomic E-state index is -0.389. The first-order chi connectivity index (χ1) is 16.1. The maximum atomic E-state index is 12.8. The number of amides is 2. The highest BCUT2D eigenvalue weighted by Gasteiger charge is 2.35. The zero-order chi connectivity index (χ0) is 22.8. The molecule has 0 radical (unpaired) electrons. The molecule has 2 amide bonds. The number of carbonyl (C=O) groups excluding carboxylic acids is 2. The number of hydrogen-bond acceptors (Lipinski definition) is 5. The Morgan fingerprint density at radius 3 is 2.48 bits per heavy atom. The van der Waals surface area contributed by atoms with Crippen LogP contribution in [0.25, 0.3) is 11.3 Å². The molecule has 0 saturated carbocycles. The van der Waals surface area contributed by atoms with E-state index in [2.05, 4.69) is 36.3 Å². The van der Waals surface area contributed by atoms with Crippen molar-refractivity contribution in [3.05, 3.63) is 65.1 Å². The monoisotopic (exact) mass is 505 g/mol. The van der Waals surface area contributed by atoms with Gasteiger partial charge in [-0.25, -0.2) is 0 Å². The lowest BCUT2D eigenvalue weighted by atomic mass is 10.1. The average molecular weight is 506 g/mol. The van der Waals surface area contributed by atoms with E-state index in [1.54, 1.807) is 4.90 Å². The summed E-state index contributed by atoms with van der Waals surface area (Å²) in [5, 5.41) is 11.7. The molecule has 2 aliphatic rings. The van der Waals surface area contributed by atoms with Crippen molar-refractivity contribution in [1.82, 2.24) is 10.2 Å². The Balaban J connectivity index is 1.21. The second-order valence-electron chi connectivity index (χ2n) is 8.42. The Kier molecular flexibility index (Phi) is 6.09. The summed E-state index contributed by atoms with van der Waals surface area (Å²) in [5.41, 5.74) is 3.22. The van der Waals surface area contributed by atoms with Gasteiger partial charge in [0.2, 0.25) is 11.8 Å². The molecular formula is C25H24BrN5O2. The predicted molar refractivity (Wildman–Crippen MR) is 132 cm³/mol. The summed E-state index contributed by atoms with van der Waals surface area (Å²) in [6, 6.07) is 19.1. The van der Waals surface area contributed by atoms with Crippen LogP contribution in [0.5, 0.6) is 0 Å². The Morgan fingerprint density at radius 2 is 1.79 bits per heavy atom. The molecule has 3 heterocycles. The van der Waals surface area contributed by atoms with Gasteiger partial charge in [0.1, 0.15) is 0 Å². The van der Waals surface area contributed by atoms with Crippen molar-refractivity contribution in [3.63, 3.8) is 0 Å². The number of aromatic nitrogens is 2. The van der Waals surface area contributed by atoms with E-state index in [1.165, 1.54) is 12.8 Å². The summed E-state index contributed by atoms with van der Waals surface area (Å²) in [4.78, 5) is 29.2. The molecule has 168 valence electrons. The van der Waals surface area contributed by atoms with Gasteiger partial charge in [0, 0.05) is 47.5 Å². The first-order valence-electron chi connectivity index (χ1n) is 11.1. The highest BCUT2D eigenvalue weighted by molar-refractivity contribution is 9.10. The summed E-state index contributed by atoms with van der Waals surface area (Å²) in [6.07, 6.45) is 2.61. The fourth-order valence-electron chi connectivity index (χ4n) is 4.34. The number of nitrogens with one attached hydrogen (secondary N) is 1. The zero-order valence-electron chi connectivity index (χ0n) is 18.1. The van der Waals surface area contributed by atoms with Crippen molar-refractivity contribution in [2.75, 3.05) is 34.8 Å². The molecule has 5 rings (SSSR count). The average Bonchev–Trinajstić information content (AvgIpc) is 3.50. The van der Waals surface area contributed by atoms with Crippen LogP contribution in [-0.4, -0.2) is 41.6 Å². The van der Waals surface area contributed by atoms with Crippen molar-refractivity contribution in [2.24, 2.45) is 5.92 Å². The van der Waals surface area contributed by atoms with Crippen LogP contribution < -0.4 is 15.1 Å². The summed E-state index contributed by atoms with van der Waals surface area (Å²) in [7, 11) is 0. The minimum Gasteiger partial charge on any atom is -0.355 e. The van der Waals surface area contributed by atoms with Crippen molar-refractivity contribution < 1.29 is 9.59 Å². The van der Waals surface area contributed by atoms with E-state index in [0.717, 1.165) is 40.3 Å². The highest BCUT2D eigenvalue weighted by atomic mass is 79.9. The summed E-state index contributed by atoms with van der Waals surface area (Å²) < 4.78 is 0.899. The standard InChI is InChI=1S/C25H24BrN5O2/c26-19-4-3-5-21(15-19)31-16-18(14-24(31)32)25(33)27-20-8-6-17(7-9-20)22-10-11-23(29-28-22)30-12-1-2-13-30/h3-11,15,18H,1-2,12-14,16H2,(H,27,33). The minimum absolute atomic E-state index is 0.0421. The quantitative estimate of drug-likeness (QED) is 0.552. The van der Waals surface area contributed by atoms with Crippen molar-refractivity contribution in [1.29, 1.82) is 0 Å². The number of hydrogen-bond donors (Lipinski definition) is 1. The molecule has 2 aromatic carbocycles. The topological polar surface area (TPSA) is 78.4 Å². The number of carbonyl (C=O) groups is 2. The third kappa shape index (κ3) is 4.75. The first-order valence-corrected chi connectivity index (χ1v) is 11.9. The fraction of sp³-hybridized carbons (Fsp3) is 0.280. The third-order valence-electron chi connectivity index (χ3n) is 6.14. The molecule has 0 spiro atoms. The summed E-state index contributed by atoms with van der Waals surface area (Å²) in [6.45, 7) is 2.45. The van der Waals surface area contributed by atoms with Crippen LogP contribution >= 0.6 is 15.9 Å². The number of rotatable bonds is 5. The molecule has 7 nitrogen and oxygen atoms in total. The number of nitrogens with zero attached hydrogens (tertiary/aromatic N) is 4. The van der Waals surface area contributed by atoms with Gasteiger partial charge in [-0.2, -0.15) is 0 Å². The molecule has 2 fully saturated rings. The molecule has 1 unspecified atom stereocenters. The van der Waals surface area contributed by atoms with Crippen LogP contribution in [0.15, 0.2) is 65.1 Å². The zero-order valence-corrected chi connectivity index (χ0v) is 19.7. The van der Waals surface area contributed by atoms with Crippen LogP contribution in [-0.2, 0) is 9.59 Å². The smallest absolute Gasteiger partial charge is 0.229 e. The normalized spacial score (nSPS) is 18.1. The van der Waals surface area contributed by atoms with E-state index < -0.39 is 0 Å². The number of halogens is 1. The van der Waals surface area contributed by atoms with Crippen molar-refractivity contribution >= 4 is 44.9 Å². The predicted octanol–water partition coefficient (Wildman–Crippen LogP) is 4.50. The van der Waals surface area contributed by atoms with Gasteiger partial charge >= 0.3 is 0 Å². The number of benzene rings is 2. The molecule has 33 heavy (non-hydrogen) atoms. The SMILES string of the molecule is O=C(Nc1ccc(-c2ccc(N3CCCC3)nn2)cc1)C1CC(=O)N(c2cccc(Br)c2)C1. The fourth-order valence-corrected chi connectivity index (χ4v) is 4.73. The number of anilines is 3. The third-order valence-corrected chi connectivity index (χ3v) is 6.64. The Bertz CT molecular complexity index is 1160. The highest BCUT2D eigenvalue weighted by Crippen LogP contribution is 2.28. The molecule has 1 aromatic heterocycles. The lowest BCUT2D eigenvalue weighted by molar-refractivity contribution is -0.122. The molecule has 0 aliphatic carbocycles. The van der Waals surface area contributed by atoms with Gasteiger partial charge in [0.05, 0.1) is 11.6 Å². The van der Waals surface area contributed by atoms with E-state index in [4.69, 9.17) is 0 Å². The molecule has 3 aromatic rings. The van der Waals surface area contributed by atoms with Gasteiger partial charge in [-0.1, -0.05) is 34.1 Å². The first kappa shape index (κ1) is 21.6. The molecule has 2 saturated heterocycles. The Hall–Kier alpha value is -3.26. The molecular weight excluding hydrogens is 482 g/mol. The summed E-state index contributed by atoms with van der Waals surface area (Å²) >= 11 is 3.43. The van der Waals surface area contributed by atoms with Crippen LogP contribution in [0.1, 0.15) is 19.3 Å². The van der Waals surface area contributed by atoms with Crippen molar-refractivity contribution in [3.8, 4) is 11.3 Å². The van der Waals surface area contributed by atoms with Gasteiger partial charge in [0.25, 0.3) is 0 Å². The molecule has 1 N–H and O–H groups in total. The molecule has 1 atom stereocenters. The van der Waals surface area contributed by atoms with Crippen LogP contribution in [0, 0.1) is 5.92 Å². The van der Waals surface area contributed by atoms with E-state index in [1.807, 2.05) is 60.7 Å². The molecule has 2 aliphatic heterocycles. The van der Waals surface area contributed by atoms with E-state index >= 15 is 0 Å². The maximum Gasteiger partial charge on any atom is 0.229 e. The van der Waals surface area contributed by atoms with Crippen LogP contribution in [0.3, 0.4) is 0 Å². The maximum absolute atomic E-state index is 12.8. The van der Waals surface area contributed by atoms with Gasteiger partial charge in [-0.3, -0.25) is 9.59 Å². The Morgan fingerprint density at radius 1 is 1.00 bits per heavy atom. The molecule has 0 bridgehead atoms. The van der Waals surface area contributed by atoms with E-state index in [0.29, 0.717) is 12.2 Å². The summed E-state index contributed by atoms with van der Waals surface area (Å²) in [5.74, 6) is 0.339. The van der Waals surface area contributed by atoms with Crippen molar-refractivity contribution in [2.45, 2.75) is 19.3 Å². The Labute approximate surface area is 200 Å². The van der Waals surface area contributed by atoms with Gasteiger partial charge in [0.15, 0.2) is 5.82 Å². The lowest BCUT2D eigenvalue weighted by Gasteiger charge is -2.17. The van der Waals surface area contributed by atoms with Gasteiger partial charge in [-0.05, 0) is 55.3 Å². The van der Waals surface area contributed by atoms with E-state index in [9.17, 15) is 9.59 Å². The van der Waals surface area contributed by atoms with Gasteiger partial charge < -0.3 is 15.1 Å². The van der Waals surface area contributed by atoms with Crippen LogP contribution in [0.2, 0.25) is 0 Å². The van der Waals surface area contributed by atoms with E-state index in [-0.39, 0.29) is 24.2 Å². The largest absolute Gasteiger partial charge is 0.355 e. The second kappa shape index (κ2) is 9.31. The molecule has 8 heteroatoms. The lowest BCUT2D eigenvalue weighted by Crippen LogP contribution is -2.28. The second-order valence-corrected chi connectivity index (χ2v) is 9.34.